The molecule has 1 fully saturated rings. The average molecular weight is 906 g/mol. The summed E-state index contributed by atoms with van der Waals surface area (Å²) in [4.78, 5) is 61.0. The van der Waals surface area contributed by atoms with E-state index in [4.69, 9.17) is 14.5 Å². The van der Waals surface area contributed by atoms with E-state index in [0.717, 1.165) is 72.8 Å². The number of aromatic nitrogens is 2. The van der Waals surface area contributed by atoms with Crippen molar-refractivity contribution in [3.63, 3.8) is 0 Å². The summed E-state index contributed by atoms with van der Waals surface area (Å²) in [6.07, 6.45) is 32.6. The van der Waals surface area contributed by atoms with Crippen molar-refractivity contribution < 1.29 is 29.0 Å². The van der Waals surface area contributed by atoms with Gasteiger partial charge in [0.25, 0.3) is 5.56 Å². The predicted molar refractivity (Wildman–Crippen MR) is 265 cm³/mol. The van der Waals surface area contributed by atoms with E-state index in [2.05, 4.69) is 90.1 Å². The smallest absolute Gasteiger partial charge is 0.415 e. The Kier molecular flexibility index (Phi) is 16.7. The van der Waals surface area contributed by atoms with E-state index in [-0.39, 0.29) is 42.2 Å². The Morgan fingerprint density at radius 1 is 0.821 bits per heavy atom. The number of rotatable bonds is 19. The molecule has 0 unspecified atom stereocenters. The van der Waals surface area contributed by atoms with Crippen molar-refractivity contribution in [1.82, 2.24) is 19.4 Å². The molecule has 0 bridgehead atoms. The monoisotopic (exact) mass is 905 g/mol. The standard InChI is InChI=1S/C55H63N5O7/c1-4-6-7-8-9-10-11-12-13-14-15-16-17-18-19-20-21-22-23-24-50(61)56-43-27-25-41(26-28-43)37-58-31-33-59(34-32-58)54(64)67-49-30-29-47-44(40(49)3)35-42-38-60-48(51(42)57-47)36-46-45(52(60)62)39-66-53(63)55(46,65)5-2/h6-7,9-10,12-13,15-16,18-19,21-22,25-30,35-36,65H,4-5,8,11,14,17,20,23-24,31-34,37-39H2,1-3H3,(H,56,61)/b7-6-,10-9-,13-12-,16-15-,19-18-,22-21-/t55-/m0/s1. The van der Waals surface area contributed by atoms with Gasteiger partial charge in [-0.15, -0.1) is 0 Å². The first-order valence-electron chi connectivity index (χ1n) is 23.7. The van der Waals surface area contributed by atoms with Gasteiger partial charge in [-0.05, 0) is 100 Å². The topological polar surface area (TPSA) is 143 Å². The lowest BCUT2D eigenvalue weighted by molar-refractivity contribution is -0.172. The van der Waals surface area contributed by atoms with Gasteiger partial charge in [-0.25, -0.2) is 14.6 Å². The highest BCUT2D eigenvalue weighted by atomic mass is 16.6. The maximum absolute atomic E-state index is 13.6. The molecule has 0 radical (unpaired) electrons. The number of amides is 2. The van der Waals surface area contributed by atoms with Crippen LogP contribution in [0.3, 0.4) is 0 Å². The number of aryl methyl sites for hydroxylation is 1. The summed E-state index contributed by atoms with van der Waals surface area (Å²) < 4.78 is 12.7. The summed E-state index contributed by atoms with van der Waals surface area (Å²) in [5, 5.41) is 15.0. The largest absolute Gasteiger partial charge is 0.458 e. The second-order valence-electron chi connectivity index (χ2n) is 17.2. The van der Waals surface area contributed by atoms with Crippen molar-refractivity contribution >= 4 is 34.6 Å². The zero-order valence-corrected chi connectivity index (χ0v) is 39.0. The lowest BCUT2D eigenvalue weighted by atomic mass is 9.86. The number of fused-ring (bicyclic) bond motifs is 5. The van der Waals surface area contributed by atoms with Crippen LogP contribution in [0.1, 0.15) is 99.5 Å². The van der Waals surface area contributed by atoms with E-state index in [1.165, 1.54) is 0 Å². The van der Waals surface area contributed by atoms with E-state index >= 15 is 0 Å². The molecule has 0 spiro atoms. The van der Waals surface area contributed by atoms with Gasteiger partial charge in [0.05, 0.1) is 29.0 Å². The van der Waals surface area contributed by atoms with E-state index < -0.39 is 17.7 Å². The van der Waals surface area contributed by atoms with Gasteiger partial charge in [0.2, 0.25) is 5.91 Å². The molecule has 2 amide bonds. The minimum absolute atomic E-state index is 0.0139. The van der Waals surface area contributed by atoms with Crippen molar-refractivity contribution in [2.45, 2.75) is 104 Å². The third kappa shape index (κ3) is 12.0. The minimum atomic E-state index is -1.89. The highest BCUT2D eigenvalue weighted by Crippen LogP contribution is 2.39. The Bertz CT molecular complexity index is 2670. The molecule has 350 valence electrons. The molecule has 12 heteroatoms. The van der Waals surface area contributed by atoms with E-state index in [1.807, 2.05) is 37.3 Å². The number of nitrogens with one attached hydrogen (secondary N) is 1. The fourth-order valence-electron chi connectivity index (χ4n) is 8.56. The number of piperazine rings is 1. The number of benzene rings is 2. The first kappa shape index (κ1) is 48.3. The molecule has 2 aromatic carbocycles. The Labute approximate surface area is 393 Å². The van der Waals surface area contributed by atoms with Crippen LogP contribution < -0.4 is 15.6 Å². The minimum Gasteiger partial charge on any atom is -0.458 e. The van der Waals surface area contributed by atoms with Crippen LogP contribution in [0.5, 0.6) is 5.75 Å². The number of allylic oxidation sites excluding steroid dienone is 12. The van der Waals surface area contributed by atoms with Gasteiger partial charge in [-0.2, -0.15) is 0 Å². The summed E-state index contributed by atoms with van der Waals surface area (Å²) in [7, 11) is 0. The van der Waals surface area contributed by atoms with Crippen molar-refractivity contribution in [3.8, 4) is 17.1 Å². The number of hydrogen-bond donors (Lipinski definition) is 2. The molecule has 5 heterocycles. The number of hydrogen-bond acceptors (Lipinski definition) is 9. The van der Waals surface area contributed by atoms with Gasteiger partial charge < -0.3 is 29.4 Å². The number of ether oxygens (including phenoxy) is 2. The van der Waals surface area contributed by atoms with Gasteiger partial charge in [-0.1, -0.05) is 98.9 Å². The lowest BCUT2D eigenvalue weighted by Crippen LogP contribution is -2.49. The highest BCUT2D eigenvalue weighted by molar-refractivity contribution is 5.91. The summed E-state index contributed by atoms with van der Waals surface area (Å²) in [6, 6.07) is 15.1. The van der Waals surface area contributed by atoms with Crippen LogP contribution in [0.15, 0.2) is 126 Å². The lowest BCUT2D eigenvalue weighted by Gasteiger charge is -2.34. The van der Waals surface area contributed by atoms with Crippen molar-refractivity contribution in [2.24, 2.45) is 0 Å². The molecule has 1 saturated heterocycles. The summed E-state index contributed by atoms with van der Waals surface area (Å²) in [5.41, 5.74) is 3.62. The second kappa shape index (κ2) is 23.2. The van der Waals surface area contributed by atoms with Gasteiger partial charge in [0.15, 0.2) is 5.60 Å². The van der Waals surface area contributed by atoms with E-state index in [1.54, 1.807) is 34.6 Å². The molecule has 3 aliphatic rings. The normalized spacial score (nSPS) is 17.4. The molecular weight excluding hydrogens is 843 g/mol. The van der Waals surface area contributed by atoms with E-state index in [0.29, 0.717) is 61.7 Å². The van der Waals surface area contributed by atoms with Crippen LogP contribution in [0.4, 0.5) is 10.5 Å². The maximum Gasteiger partial charge on any atom is 0.415 e. The third-order valence-electron chi connectivity index (χ3n) is 12.5. The van der Waals surface area contributed by atoms with Gasteiger partial charge >= 0.3 is 12.1 Å². The van der Waals surface area contributed by atoms with Crippen molar-refractivity contribution in [1.29, 1.82) is 0 Å². The fraction of sp³-hybridized carbons (Fsp3) is 0.364. The zero-order valence-electron chi connectivity index (χ0n) is 39.0. The maximum atomic E-state index is 13.6. The number of esters is 1. The number of carbonyl (C=O) groups excluding carboxylic acids is 3. The highest BCUT2D eigenvalue weighted by Gasteiger charge is 2.45. The molecule has 1 atom stereocenters. The number of cyclic esters (lactones) is 1. The van der Waals surface area contributed by atoms with Crippen molar-refractivity contribution in [3.05, 3.63) is 160 Å². The Morgan fingerprint density at radius 2 is 1.45 bits per heavy atom. The second-order valence-corrected chi connectivity index (χ2v) is 17.2. The SMILES string of the molecule is CC/C=C\C/C=C\C/C=C\C/C=C\C/C=C\C/C=C\CCC(=O)Nc1ccc(CN2CCN(C(=O)Oc3ccc4nc5c(cc4c3C)Cn3c-5cc4c(c3=O)COC(=O)[C@]4(O)CC)CC2)cc1. The van der Waals surface area contributed by atoms with Crippen LogP contribution in [-0.2, 0) is 39.6 Å². The first-order chi connectivity index (χ1) is 32.6. The summed E-state index contributed by atoms with van der Waals surface area (Å²) in [5.74, 6) is -0.333. The molecule has 0 aliphatic carbocycles. The molecule has 0 saturated carbocycles. The Morgan fingerprint density at radius 3 is 2.07 bits per heavy atom. The average Bonchev–Trinajstić information content (AvgIpc) is 3.70. The molecule has 3 aliphatic heterocycles. The van der Waals surface area contributed by atoms with Crippen LogP contribution in [0.25, 0.3) is 22.3 Å². The Balaban J connectivity index is 0.803. The number of pyridine rings is 2. The van der Waals surface area contributed by atoms with E-state index in [9.17, 15) is 24.3 Å². The number of aliphatic hydroxyl groups is 1. The molecular formula is C55H63N5O7. The van der Waals surface area contributed by atoms with Crippen LogP contribution in [0, 0.1) is 6.92 Å². The first-order valence-corrected chi connectivity index (χ1v) is 23.7. The zero-order chi connectivity index (χ0) is 47.2. The quantitative estimate of drug-likeness (QED) is 0.0611. The summed E-state index contributed by atoms with van der Waals surface area (Å²) >= 11 is 0. The summed E-state index contributed by atoms with van der Waals surface area (Å²) in [6.45, 7) is 8.95. The van der Waals surface area contributed by atoms with Gasteiger partial charge in [0.1, 0.15) is 12.4 Å². The Hall–Kier alpha value is -6.63. The molecule has 7 rings (SSSR count). The van der Waals surface area contributed by atoms with Crippen LogP contribution in [-0.4, -0.2) is 68.6 Å². The fourth-order valence-corrected chi connectivity index (χ4v) is 8.56. The molecule has 2 N–H and O–H groups in total. The number of carbonyl (C=O) groups is 3. The van der Waals surface area contributed by atoms with Gasteiger partial charge in [-0.3, -0.25) is 14.5 Å². The molecule has 67 heavy (non-hydrogen) atoms. The van der Waals surface area contributed by atoms with Crippen molar-refractivity contribution in [2.75, 3.05) is 31.5 Å². The number of nitrogens with zero attached hydrogens (tertiary/aromatic N) is 4. The number of anilines is 1. The third-order valence-corrected chi connectivity index (χ3v) is 12.5. The predicted octanol–water partition coefficient (Wildman–Crippen LogP) is 10.1. The molecule has 4 aromatic rings. The van der Waals surface area contributed by atoms with Crippen LogP contribution in [0.2, 0.25) is 0 Å². The van der Waals surface area contributed by atoms with Crippen LogP contribution >= 0.6 is 0 Å². The molecule has 12 nitrogen and oxygen atoms in total. The van der Waals surface area contributed by atoms with Gasteiger partial charge in [0, 0.05) is 66.9 Å². The molecule has 2 aromatic heterocycles.